The second kappa shape index (κ2) is 10.3. The van der Waals surface area contributed by atoms with Crippen LogP contribution >= 0.6 is 0 Å². The second-order valence-corrected chi connectivity index (χ2v) is 11.2. The van der Waals surface area contributed by atoms with Crippen LogP contribution in [0.4, 0.5) is 17.5 Å². The molecule has 1 aliphatic heterocycles. The number of anilines is 3. The topological polar surface area (TPSA) is 71.8 Å². The molecule has 0 bridgehead atoms. The third kappa shape index (κ3) is 5.98. The van der Waals surface area contributed by atoms with Crippen LogP contribution in [0.15, 0.2) is 61.2 Å². The molecule has 3 aromatic heterocycles. The second-order valence-electron chi connectivity index (χ2n) is 11.2. The molecule has 0 unspecified atom stereocenters. The number of nitrogens with zero attached hydrogens (tertiary/aromatic N) is 6. The first-order valence-corrected chi connectivity index (χ1v) is 13.1. The molecule has 4 aromatic rings. The fourth-order valence-electron chi connectivity index (χ4n) is 4.89. The highest BCUT2D eigenvalue weighted by molar-refractivity contribution is 5.68. The van der Waals surface area contributed by atoms with Crippen molar-refractivity contribution in [3.63, 3.8) is 0 Å². The lowest BCUT2D eigenvalue weighted by Gasteiger charge is -2.32. The Kier molecular flexibility index (Phi) is 6.96. The minimum Gasteiger partial charge on any atom is -0.341 e. The molecule has 0 atom stereocenters. The third-order valence-electron chi connectivity index (χ3n) is 7.25. The minimum atomic E-state index is 0.0719. The summed E-state index contributed by atoms with van der Waals surface area (Å²) >= 11 is 0. The summed E-state index contributed by atoms with van der Waals surface area (Å²) in [7, 11) is 1.93. The van der Waals surface area contributed by atoms with Gasteiger partial charge in [-0.25, -0.2) is 4.98 Å². The van der Waals surface area contributed by atoms with Crippen molar-refractivity contribution in [2.24, 2.45) is 13.0 Å². The Morgan fingerprint density at radius 3 is 2.43 bits per heavy atom. The zero-order valence-electron chi connectivity index (χ0n) is 22.6. The Labute approximate surface area is 220 Å². The number of rotatable bonds is 6. The lowest BCUT2D eigenvalue weighted by molar-refractivity contribution is 0.400. The predicted octanol–water partition coefficient (Wildman–Crippen LogP) is 6.08. The zero-order valence-corrected chi connectivity index (χ0v) is 22.6. The van der Waals surface area contributed by atoms with Crippen molar-refractivity contribution in [3.8, 4) is 11.3 Å². The van der Waals surface area contributed by atoms with Crippen molar-refractivity contribution in [1.29, 1.82) is 0 Å². The SMILES string of the molecule is Cc1ccc(C(C)(C)C)cc1Nc1cc(-c2cnn(C)c2)nc(N2CCC(Cc3ccncc3)CC2)n1. The van der Waals surface area contributed by atoms with Gasteiger partial charge < -0.3 is 10.2 Å². The van der Waals surface area contributed by atoms with Gasteiger partial charge in [0.25, 0.3) is 0 Å². The molecule has 0 radical (unpaired) electrons. The molecule has 37 heavy (non-hydrogen) atoms. The number of pyridine rings is 1. The van der Waals surface area contributed by atoms with Crippen molar-refractivity contribution in [2.75, 3.05) is 23.3 Å². The summed E-state index contributed by atoms with van der Waals surface area (Å²) < 4.78 is 1.81. The van der Waals surface area contributed by atoms with E-state index in [4.69, 9.17) is 9.97 Å². The quantitative estimate of drug-likeness (QED) is 0.349. The van der Waals surface area contributed by atoms with Crippen LogP contribution in [0.1, 0.15) is 50.3 Å². The smallest absolute Gasteiger partial charge is 0.227 e. The predicted molar refractivity (Wildman–Crippen MR) is 150 cm³/mol. The summed E-state index contributed by atoms with van der Waals surface area (Å²) in [6, 6.07) is 12.9. The number of aromatic nitrogens is 5. The number of hydrogen-bond acceptors (Lipinski definition) is 6. The van der Waals surface area contributed by atoms with Crippen molar-refractivity contribution in [2.45, 2.75) is 52.4 Å². The van der Waals surface area contributed by atoms with E-state index >= 15 is 0 Å². The van der Waals surface area contributed by atoms with Gasteiger partial charge in [0.05, 0.1) is 11.9 Å². The summed E-state index contributed by atoms with van der Waals surface area (Å²) in [4.78, 5) is 16.5. The standard InChI is InChI=1S/C30H37N7/c1-21-6-7-25(30(2,3)4)17-26(21)33-28-18-27(24-19-32-36(5)20-24)34-29(35-28)37-14-10-23(11-15-37)16-22-8-12-31-13-9-22/h6-9,12-13,17-20,23H,10-11,14-16H2,1-5H3,(H,33,34,35). The van der Waals surface area contributed by atoms with E-state index in [0.29, 0.717) is 5.92 Å². The molecule has 4 heterocycles. The summed E-state index contributed by atoms with van der Waals surface area (Å²) in [5, 5.41) is 7.98. The molecule has 0 spiro atoms. The number of nitrogens with one attached hydrogen (secondary N) is 1. The zero-order chi connectivity index (χ0) is 26.0. The highest BCUT2D eigenvalue weighted by Crippen LogP contribution is 2.31. The maximum Gasteiger partial charge on any atom is 0.227 e. The first-order valence-electron chi connectivity index (χ1n) is 13.1. The third-order valence-corrected chi connectivity index (χ3v) is 7.25. The summed E-state index contributed by atoms with van der Waals surface area (Å²) in [6.45, 7) is 10.7. The Morgan fingerprint density at radius 2 is 1.76 bits per heavy atom. The molecule has 1 fully saturated rings. The summed E-state index contributed by atoms with van der Waals surface area (Å²) in [5.41, 5.74) is 6.85. The maximum atomic E-state index is 4.99. The van der Waals surface area contributed by atoms with Crippen LogP contribution in [0, 0.1) is 12.8 Å². The van der Waals surface area contributed by atoms with E-state index in [9.17, 15) is 0 Å². The van der Waals surface area contributed by atoms with E-state index in [1.165, 1.54) is 16.7 Å². The average Bonchev–Trinajstić information content (AvgIpc) is 3.32. The van der Waals surface area contributed by atoms with E-state index in [1.807, 2.05) is 42.6 Å². The molecule has 1 aromatic carbocycles. The largest absolute Gasteiger partial charge is 0.341 e. The molecule has 7 nitrogen and oxygen atoms in total. The van der Waals surface area contributed by atoms with E-state index < -0.39 is 0 Å². The molecule has 192 valence electrons. The molecule has 0 aliphatic carbocycles. The fraction of sp³-hybridized carbons (Fsp3) is 0.400. The minimum absolute atomic E-state index is 0.0719. The van der Waals surface area contributed by atoms with Gasteiger partial charge in [0.15, 0.2) is 0 Å². The van der Waals surface area contributed by atoms with E-state index in [-0.39, 0.29) is 5.41 Å². The molecule has 1 aliphatic rings. The molecule has 0 amide bonds. The Hall–Kier alpha value is -3.74. The summed E-state index contributed by atoms with van der Waals surface area (Å²) in [6.07, 6.45) is 11.0. The van der Waals surface area contributed by atoms with Gasteiger partial charge in [-0.05, 0) is 72.4 Å². The molecule has 5 rings (SSSR count). The van der Waals surface area contributed by atoms with Crippen LogP contribution < -0.4 is 10.2 Å². The van der Waals surface area contributed by atoms with Crippen LogP contribution in [-0.4, -0.2) is 37.8 Å². The monoisotopic (exact) mass is 495 g/mol. The van der Waals surface area contributed by atoms with Gasteiger partial charge in [0.1, 0.15) is 5.82 Å². The molecular weight excluding hydrogens is 458 g/mol. The molecule has 1 saturated heterocycles. The van der Waals surface area contributed by atoms with Crippen molar-refractivity contribution < 1.29 is 0 Å². The average molecular weight is 496 g/mol. The molecule has 0 saturated carbocycles. The van der Waals surface area contributed by atoms with Crippen LogP contribution in [-0.2, 0) is 18.9 Å². The van der Waals surface area contributed by atoms with Gasteiger partial charge in [0.2, 0.25) is 5.95 Å². The normalized spacial score (nSPS) is 14.7. The lowest BCUT2D eigenvalue weighted by Crippen LogP contribution is -2.35. The van der Waals surface area contributed by atoms with Crippen molar-refractivity contribution in [3.05, 3.63) is 77.9 Å². The van der Waals surface area contributed by atoms with Crippen LogP contribution in [0.2, 0.25) is 0 Å². The van der Waals surface area contributed by atoms with Gasteiger partial charge in [-0.1, -0.05) is 32.9 Å². The Morgan fingerprint density at radius 1 is 1.00 bits per heavy atom. The number of aryl methyl sites for hydroxylation is 2. The van der Waals surface area contributed by atoms with Crippen LogP contribution in [0.25, 0.3) is 11.3 Å². The van der Waals surface area contributed by atoms with E-state index in [1.54, 1.807) is 0 Å². The Bertz CT molecular complexity index is 1350. The molecule has 7 heteroatoms. The highest BCUT2D eigenvalue weighted by atomic mass is 15.3. The van der Waals surface area contributed by atoms with E-state index in [0.717, 1.165) is 61.1 Å². The van der Waals surface area contributed by atoms with E-state index in [2.05, 4.69) is 78.3 Å². The highest BCUT2D eigenvalue weighted by Gasteiger charge is 2.23. The summed E-state index contributed by atoms with van der Waals surface area (Å²) in [5.74, 6) is 2.24. The van der Waals surface area contributed by atoms with Crippen LogP contribution in [0.3, 0.4) is 0 Å². The maximum absolute atomic E-state index is 4.99. The van der Waals surface area contributed by atoms with Crippen LogP contribution in [0.5, 0.6) is 0 Å². The van der Waals surface area contributed by atoms with Crippen molar-refractivity contribution in [1.82, 2.24) is 24.7 Å². The number of piperidine rings is 1. The van der Waals surface area contributed by atoms with Gasteiger partial charge in [0, 0.05) is 56.0 Å². The van der Waals surface area contributed by atoms with Gasteiger partial charge in [-0.3, -0.25) is 9.67 Å². The van der Waals surface area contributed by atoms with Crippen molar-refractivity contribution >= 4 is 17.5 Å². The number of hydrogen-bond donors (Lipinski definition) is 1. The first kappa shape index (κ1) is 24.9. The van der Waals surface area contributed by atoms with Gasteiger partial charge in [-0.2, -0.15) is 10.1 Å². The number of benzene rings is 1. The first-order chi connectivity index (χ1) is 17.7. The Balaban J connectivity index is 1.41. The molecule has 1 N–H and O–H groups in total. The van der Waals surface area contributed by atoms with Gasteiger partial charge >= 0.3 is 0 Å². The van der Waals surface area contributed by atoms with Gasteiger partial charge in [-0.15, -0.1) is 0 Å². The fourth-order valence-corrected chi connectivity index (χ4v) is 4.89. The molecular formula is C30H37N7. The lowest BCUT2D eigenvalue weighted by atomic mass is 9.86.